The van der Waals surface area contributed by atoms with Crippen LogP contribution in [0.5, 0.6) is 0 Å². The Labute approximate surface area is 150 Å². The maximum Gasteiger partial charge on any atom is 0.307 e. The summed E-state index contributed by atoms with van der Waals surface area (Å²) in [5, 5.41) is 7.10. The lowest BCUT2D eigenvalue weighted by Crippen LogP contribution is -2.42. The van der Waals surface area contributed by atoms with Crippen LogP contribution >= 0.6 is 0 Å². The number of halogens is 1. The van der Waals surface area contributed by atoms with Gasteiger partial charge in [0.25, 0.3) is 0 Å². The monoisotopic (exact) mass is 357 g/mol. The molecule has 0 radical (unpaired) electrons. The van der Waals surface area contributed by atoms with Gasteiger partial charge in [-0.1, -0.05) is 6.07 Å². The highest BCUT2D eigenvalue weighted by molar-refractivity contribution is 5.87. The predicted molar refractivity (Wildman–Crippen MR) is 90.8 cm³/mol. The van der Waals surface area contributed by atoms with Crippen LogP contribution in [-0.4, -0.2) is 27.3 Å². The first-order chi connectivity index (χ1) is 12.6. The molecule has 1 aromatic carbocycles. The molecule has 1 saturated carbocycles. The zero-order valence-electron chi connectivity index (χ0n) is 14.3. The number of aromatic nitrogens is 2. The van der Waals surface area contributed by atoms with Crippen molar-refractivity contribution < 1.29 is 18.7 Å². The van der Waals surface area contributed by atoms with E-state index in [1.54, 1.807) is 29.2 Å². The first-order valence-corrected chi connectivity index (χ1v) is 8.85. The van der Waals surface area contributed by atoms with Gasteiger partial charge in [0.05, 0.1) is 24.2 Å². The Morgan fingerprint density at radius 3 is 2.96 bits per heavy atom. The molecule has 1 aliphatic heterocycles. The number of rotatable bonds is 4. The molecule has 6 nitrogen and oxygen atoms in total. The van der Waals surface area contributed by atoms with Gasteiger partial charge in [-0.05, 0) is 43.9 Å². The number of carbonyl (C=O) groups is 2. The Hall–Kier alpha value is -2.70. The molecule has 0 bridgehead atoms. The average Bonchev–Trinajstić information content (AvgIpc) is 3.34. The van der Waals surface area contributed by atoms with Crippen molar-refractivity contribution in [1.82, 2.24) is 15.1 Å². The summed E-state index contributed by atoms with van der Waals surface area (Å²) in [6.45, 7) is 0.301. The molecular weight excluding hydrogens is 337 g/mol. The summed E-state index contributed by atoms with van der Waals surface area (Å²) >= 11 is 0. The number of nitrogens with one attached hydrogen (secondary N) is 1. The highest BCUT2D eigenvalue weighted by Gasteiger charge is 2.53. The first kappa shape index (κ1) is 16.8. The fourth-order valence-electron chi connectivity index (χ4n) is 3.97. The van der Waals surface area contributed by atoms with Crippen molar-refractivity contribution >= 4 is 11.9 Å². The van der Waals surface area contributed by atoms with Crippen molar-refractivity contribution in [3.63, 3.8) is 0 Å². The number of ether oxygens (including phenoxy) is 1. The predicted octanol–water partition coefficient (Wildman–Crippen LogP) is 2.50. The van der Waals surface area contributed by atoms with Crippen molar-refractivity contribution in [2.75, 3.05) is 0 Å². The van der Waals surface area contributed by atoms with Crippen molar-refractivity contribution in [2.24, 2.45) is 5.92 Å². The zero-order valence-corrected chi connectivity index (χ0v) is 14.3. The Morgan fingerprint density at radius 1 is 1.38 bits per heavy atom. The largest absolute Gasteiger partial charge is 0.458 e. The number of benzene rings is 1. The molecule has 1 saturated heterocycles. The van der Waals surface area contributed by atoms with E-state index in [2.05, 4.69) is 10.4 Å². The van der Waals surface area contributed by atoms with Gasteiger partial charge in [-0.2, -0.15) is 5.10 Å². The highest BCUT2D eigenvalue weighted by Crippen LogP contribution is 2.45. The molecule has 1 aliphatic carbocycles. The minimum atomic E-state index is -0.604. The van der Waals surface area contributed by atoms with E-state index in [1.807, 2.05) is 0 Å². The van der Waals surface area contributed by atoms with Crippen LogP contribution in [0.4, 0.5) is 4.39 Å². The van der Waals surface area contributed by atoms with E-state index in [-0.39, 0.29) is 24.1 Å². The second kappa shape index (κ2) is 6.55. The van der Waals surface area contributed by atoms with Gasteiger partial charge in [-0.25, -0.2) is 9.07 Å². The number of nitrogens with zero attached hydrogens (tertiary/aromatic N) is 2. The number of carbonyl (C=O) groups excluding carboxylic acids is 2. The number of hydrogen-bond acceptors (Lipinski definition) is 4. The fraction of sp³-hybridized carbons (Fsp3) is 0.421. The van der Waals surface area contributed by atoms with Gasteiger partial charge >= 0.3 is 5.97 Å². The van der Waals surface area contributed by atoms with Gasteiger partial charge in [0.1, 0.15) is 11.4 Å². The molecule has 2 fully saturated rings. The van der Waals surface area contributed by atoms with Gasteiger partial charge in [0.15, 0.2) is 0 Å². The molecule has 1 atom stereocenters. The van der Waals surface area contributed by atoms with E-state index in [4.69, 9.17) is 4.74 Å². The molecule has 2 aromatic rings. The van der Waals surface area contributed by atoms with Crippen LogP contribution < -0.4 is 5.32 Å². The van der Waals surface area contributed by atoms with Gasteiger partial charge in [-0.3, -0.25) is 9.59 Å². The Morgan fingerprint density at radius 2 is 2.19 bits per heavy atom. The zero-order chi connectivity index (χ0) is 18.1. The molecule has 4 rings (SSSR count). The van der Waals surface area contributed by atoms with Gasteiger partial charge < -0.3 is 10.1 Å². The summed E-state index contributed by atoms with van der Waals surface area (Å²) in [5.74, 6) is -1.20. The highest BCUT2D eigenvalue weighted by atomic mass is 19.1. The molecule has 2 aliphatic rings. The quantitative estimate of drug-likeness (QED) is 0.854. The summed E-state index contributed by atoms with van der Waals surface area (Å²) in [7, 11) is 0. The van der Waals surface area contributed by atoms with Gasteiger partial charge in [0, 0.05) is 18.3 Å². The van der Waals surface area contributed by atoms with Gasteiger partial charge in [0.2, 0.25) is 5.91 Å². The van der Waals surface area contributed by atoms with E-state index < -0.39 is 11.5 Å². The lowest BCUT2D eigenvalue weighted by molar-refractivity contribution is -0.149. The molecule has 2 heterocycles. The topological polar surface area (TPSA) is 73.2 Å². The SMILES string of the molecule is O=C1C[C@@H](C(=O)NCc2cnn(-c3cccc(F)c3)c2)C2(CCCC2)O1. The van der Waals surface area contributed by atoms with E-state index >= 15 is 0 Å². The van der Waals surface area contributed by atoms with Crippen LogP contribution in [0, 0.1) is 11.7 Å². The maximum absolute atomic E-state index is 13.3. The van der Waals surface area contributed by atoms with E-state index in [1.165, 1.54) is 12.1 Å². The Kier molecular flexibility index (Phi) is 4.22. The summed E-state index contributed by atoms with van der Waals surface area (Å²) in [4.78, 5) is 24.4. The van der Waals surface area contributed by atoms with E-state index in [0.717, 1.165) is 31.2 Å². The molecule has 136 valence electrons. The number of esters is 1. The second-order valence-electron chi connectivity index (χ2n) is 6.99. The third kappa shape index (κ3) is 3.09. The third-order valence-corrected chi connectivity index (χ3v) is 5.26. The Balaban J connectivity index is 1.41. The maximum atomic E-state index is 13.3. The molecule has 26 heavy (non-hydrogen) atoms. The Bertz CT molecular complexity index is 842. The second-order valence-corrected chi connectivity index (χ2v) is 6.99. The van der Waals surface area contributed by atoms with Crippen LogP contribution in [0.25, 0.3) is 5.69 Å². The summed E-state index contributed by atoms with van der Waals surface area (Å²) in [6.07, 6.45) is 7.01. The molecule has 1 spiro atoms. The smallest absolute Gasteiger partial charge is 0.307 e. The molecule has 1 N–H and O–H groups in total. The van der Waals surface area contributed by atoms with Crippen LogP contribution in [0.3, 0.4) is 0 Å². The fourth-order valence-corrected chi connectivity index (χ4v) is 3.97. The first-order valence-electron chi connectivity index (χ1n) is 8.85. The minimum absolute atomic E-state index is 0.147. The normalized spacial score (nSPS) is 21.1. The number of hydrogen-bond donors (Lipinski definition) is 1. The van der Waals surface area contributed by atoms with E-state index in [0.29, 0.717) is 12.2 Å². The molecule has 0 unspecified atom stereocenters. The van der Waals surface area contributed by atoms with Crippen LogP contribution in [0.15, 0.2) is 36.7 Å². The van der Waals surface area contributed by atoms with E-state index in [9.17, 15) is 14.0 Å². The summed E-state index contributed by atoms with van der Waals surface area (Å²) in [6, 6.07) is 6.13. The summed E-state index contributed by atoms with van der Waals surface area (Å²) < 4.78 is 20.4. The van der Waals surface area contributed by atoms with Crippen molar-refractivity contribution in [3.8, 4) is 5.69 Å². The van der Waals surface area contributed by atoms with Crippen molar-refractivity contribution in [2.45, 2.75) is 44.2 Å². The molecular formula is C19H20FN3O3. The standard InChI is InChI=1S/C19H20FN3O3/c20-14-4-3-5-15(8-14)23-12-13(11-22-23)10-21-18(25)16-9-17(24)26-19(16)6-1-2-7-19/h3-5,8,11-12,16H,1-2,6-7,9-10H2,(H,21,25)/t16-/m0/s1. The van der Waals surface area contributed by atoms with Crippen LogP contribution in [0.2, 0.25) is 0 Å². The van der Waals surface area contributed by atoms with Crippen molar-refractivity contribution in [3.05, 3.63) is 48.0 Å². The van der Waals surface area contributed by atoms with Crippen LogP contribution in [0.1, 0.15) is 37.7 Å². The van der Waals surface area contributed by atoms with Gasteiger partial charge in [-0.15, -0.1) is 0 Å². The minimum Gasteiger partial charge on any atom is -0.458 e. The summed E-state index contributed by atoms with van der Waals surface area (Å²) in [5.41, 5.74) is 0.808. The average molecular weight is 357 g/mol. The molecule has 1 amide bonds. The lowest BCUT2D eigenvalue weighted by atomic mass is 9.85. The molecule has 1 aromatic heterocycles. The van der Waals surface area contributed by atoms with Crippen molar-refractivity contribution in [1.29, 1.82) is 0 Å². The number of amides is 1. The molecule has 7 heteroatoms. The third-order valence-electron chi connectivity index (χ3n) is 5.26. The lowest BCUT2D eigenvalue weighted by Gasteiger charge is -2.27. The van der Waals surface area contributed by atoms with Crippen LogP contribution in [-0.2, 0) is 20.9 Å².